The number of H-pyrrole nitrogens is 1. The number of fused-ring (bicyclic) bond motifs is 3. The predicted octanol–water partition coefficient (Wildman–Crippen LogP) is 2.57. The zero-order valence-corrected chi connectivity index (χ0v) is 11.8. The Hall–Kier alpha value is -1.47. The van der Waals surface area contributed by atoms with Crippen molar-refractivity contribution in [2.75, 3.05) is 0 Å². The SMILES string of the molecule is O=c1c2sccc2n2c(=S)[nH]nc2n1CCC1CC1. The number of hydrogen-bond acceptors (Lipinski definition) is 4. The minimum absolute atomic E-state index is 0.0483. The minimum atomic E-state index is 0.0483. The van der Waals surface area contributed by atoms with E-state index in [1.54, 1.807) is 4.57 Å². The summed E-state index contributed by atoms with van der Waals surface area (Å²) in [5, 5.41) is 8.93. The van der Waals surface area contributed by atoms with Gasteiger partial charge >= 0.3 is 0 Å². The zero-order valence-electron chi connectivity index (χ0n) is 10.1. The van der Waals surface area contributed by atoms with Crippen molar-refractivity contribution < 1.29 is 0 Å². The van der Waals surface area contributed by atoms with Crippen LogP contribution in [0, 0.1) is 10.7 Å². The lowest BCUT2D eigenvalue weighted by Crippen LogP contribution is -2.22. The second kappa shape index (κ2) is 4.01. The fourth-order valence-electron chi connectivity index (χ4n) is 2.46. The van der Waals surface area contributed by atoms with Crippen molar-refractivity contribution in [1.82, 2.24) is 19.2 Å². The molecule has 0 spiro atoms. The van der Waals surface area contributed by atoms with Crippen molar-refractivity contribution in [1.29, 1.82) is 0 Å². The molecule has 4 rings (SSSR count). The molecule has 98 valence electrons. The van der Waals surface area contributed by atoms with Crippen molar-refractivity contribution in [2.24, 2.45) is 5.92 Å². The van der Waals surface area contributed by atoms with E-state index in [2.05, 4.69) is 10.2 Å². The first-order chi connectivity index (χ1) is 9.25. The molecule has 5 nitrogen and oxygen atoms in total. The summed E-state index contributed by atoms with van der Waals surface area (Å²) in [6.07, 6.45) is 3.63. The monoisotopic (exact) mass is 292 g/mol. The smallest absolute Gasteiger partial charge is 0.272 e. The Morgan fingerprint density at radius 1 is 1.53 bits per heavy atom. The summed E-state index contributed by atoms with van der Waals surface area (Å²) in [7, 11) is 0. The van der Waals surface area contributed by atoms with Crippen molar-refractivity contribution in [3.63, 3.8) is 0 Å². The van der Waals surface area contributed by atoms with E-state index in [9.17, 15) is 4.79 Å². The maximum atomic E-state index is 12.5. The van der Waals surface area contributed by atoms with Crippen molar-refractivity contribution in [3.8, 4) is 0 Å². The van der Waals surface area contributed by atoms with Gasteiger partial charge in [0.15, 0.2) is 0 Å². The first-order valence-electron chi connectivity index (χ1n) is 6.33. The molecule has 3 aromatic heterocycles. The molecule has 3 heterocycles. The third-order valence-corrected chi connectivity index (χ3v) is 4.84. The molecule has 1 aliphatic carbocycles. The highest BCUT2D eigenvalue weighted by atomic mass is 32.1. The molecule has 1 fully saturated rings. The predicted molar refractivity (Wildman–Crippen MR) is 77.4 cm³/mol. The fourth-order valence-corrected chi connectivity index (χ4v) is 3.51. The first-order valence-corrected chi connectivity index (χ1v) is 7.61. The number of rotatable bonds is 3. The number of thiophene rings is 1. The molecule has 3 aromatic rings. The lowest BCUT2D eigenvalue weighted by Gasteiger charge is -2.07. The van der Waals surface area contributed by atoms with Crippen LogP contribution >= 0.6 is 23.6 Å². The maximum Gasteiger partial charge on any atom is 0.272 e. The highest BCUT2D eigenvalue weighted by Crippen LogP contribution is 2.32. The van der Waals surface area contributed by atoms with E-state index in [1.807, 2.05) is 15.8 Å². The molecule has 0 saturated heterocycles. The average molecular weight is 292 g/mol. The van der Waals surface area contributed by atoms with E-state index in [1.165, 1.54) is 24.2 Å². The molecule has 0 aromatic carbocycles. The van der Waals surface area contributed by atoms with E-state index < -0.39 is 0 Å². The normalized spacial score (nSPS) is 15.6. The molecule has 7 heteroatoms. The quantitative estimate of drug-likeness (QED) is 0.755. The van der Waals surface area contributed by atoms with Gasteiger partial charge in [-0.3, -0.25) is 13.8 Å². The van der Waals surface area contributed by atoms with E-state index in [4.69, 9.17) is 12.2 Å². The average Bonchev–Trinajstić information content (AvgIpc) is 2.95. The van der Waals surface area contributed by atoms with Crippen LogP contribution in [0.5, 0.6) is 0 Å². The lowest BCUT2D eigenvalue weighted by molar-refractivity contribution is 0.589. The summed E-state index contributed by atoms with van der Waals surface area (Å²) in [5.41, 5.74) is 0.901. The first kappa shape index (κ1) is 11.4. The highest BCUT2D eigenvalue weighted by Gasteiger charge is 2.22. The van der Waals surface area contributed by atoms with Crippen LogP contribution in [0.1, 0.15) is 19.3 Å². The second-order valence-electron chi connectivity index (χ2n) is 4.99. The lowest BCUT2D eigenvalue weighted by atomic mass is 10.3. The Bertz CT molecular complexity index is 881. The third-order valence-electron chi connectivity index (χ3n) is 3.68. The van der Waals surface area contributed by atoms with Gasteiger partial charge in [-0.05, 0) is 36.0 Å². The maximum absolute atomic E-state index is 12.5. The molecular weight excluding hydrogens is 280 g/mol. The van der Waals surface area contributed by atoms with Crippen LogP contribution in [0.4, 0.5) is 0 Å². The summed E-state index contributed by atoms with van der Waals surface area (Å²) in [6, 6.07) is 1.92. The van der Waals surface area contributed by atoms with Gasteiger partial charge < -0.3 is 0 Å². The second-order valence-corrected chi connectivity index (χ2v) is 6.29. The number of nitrogens with one attached hydrogen (secondary N) is 1. The van der Waals surface area contributed by atoms with Gasteiger partial charge in [-0.2, -0.15) is 0 Å². The van der Waals surface area contributed by atoms with Gasteiger partial charge in [0.1, 0.15) is 4.70 Å². The van der Waals surface area contributed by atoms with Crippen LogP contribution in [0.25, 0.3) is 16.0 Å². The van der Waals surface area contributed by atoms with Gasteiger partial charge in [-0.1, -0.05) is 12.8 Å². The summed E-state index contributed by atoms with van der Waals surface area (Å²) >= 11 is 6.73. The topological polar surface area (TPSA) is 55.1 Å². The molecule has 1 aliphatic rings. The van der Waals surface area contributed by atoms with Crippen LogP contribution in [0.15, 0.2) is 16.2 Å². The van der Waals surface area contributed by atoms with E-state index >= 15 is 0 Å². The number of hydrogen-bond donors (Lipinski definition) is 1. The standard InChI is InChI=1S/C12H12N4OS2/c17-10-9-8(4-6-19-9)16-11(13-14-12(16)18)15(10)5-3-7-1-2-7/h4,6-7H,1-3,5H2,(H,14,18). The summed E-state index contributed by atoms with van der Waals surface area (Å²) in [5.74, 6) is 1.41. The molecule has 0 bridgehead atoms. The summed E-state index contributed by atoms with van der Waals surface area (Å²) in [4.78, 5) is 12.5. The molecule has 0 unspecified atom stereocenters. The van der Waals surface area contributed by atoms with E-state index in [0.717, 1.165) is 29.1 Å². The molecular formula is C12H12N4OS2. The molecule has 0 radical (unpaired) electrons. The van der Waals surface area contributed by atoms with E-state index in [0.29, 0.717) is 10.5 Å². The number of aromatic amines is 1. The van der Waals surface area contributed by atoms with Gasteiger partial charge in [0.2, 0.25) is 10.5 Å². The molecule has 0 atom stereocenters. The van der Waals surface area contributed by atoms with Gasteiger partial charge in [-0.15, -0.1) is 16.4 Å². The summed E-state index contributed by atoms with van der Waals surface area (Å²) in [6.45, 7) is 0.723. The Kier molecular flexibility index (Phi) is 2.40. The van der Waals surface area contributed by atoms with Crippen LogP contribution in [0.3, 0.4) is 0 Å². The van der Waals surface area contributed by atoms with Crippen LogP contribution in [0.2, 0.25) is 0 Å². The Labute approximate surface area is 117 Å². The summed E-state index contributed by atoms with van der Waals surface area (Å²) < 4.78 is 4.90. The number of aromatic nitrogens is 4. The molecule has 1 N–H and O–H groups in total. The minimum Gasteiger partial charge on any atom is -0.276 e. The van der Waals surface area contributed by atoms with Gasteiger partial charge in [-0.25, -0.2) is 5.10 Å². The van der Waals surface area contributed by atoms with Crippen molar-refractivity contribution in [2.45, 2.75) is 25.8 Å². The van der Waals surface area contributed by atoms with Crippen LogP contribution in [-0.2, 0) is 6.54 Å². The van der Waals surface area contributed by atoms with Gasteiger partial charge in [0.25, 0.3) is 5.56 Å². The molecule has 0 aliphatic heterocycles. The molecule has 1 saturated carbocycles. The number of nitrogens with zero attached hydrogens (tertiary/aromatic N) is 3. The third kappa shape index (κ3) is 1.68. The van der Waals surface area contributed by atoms with Crippen LogP contribution in [-0.4, -0.2) is 19.2 Å². The Balaban J connectivity index is 2.04. The Morgan fingerprint density at radius 2 is 2.37 bits per heavy atom. The Morgan fingerprint density at radius 3 is 3.16 bits per heavy atom. The largest absolute Gasteiger partial charge is 0.276 e. The number of aryl methyl sites for hydroxylation is 1. The van der Waals surface area contributed by atoms with Gasteiger partial charge in [0, 0.05) is 6.54 Å². The molecule has 0 amide bonds. The van der Waals surface area contributed by atoms with Crippen molar-refractivity contribution >= 4 is 39.5 Å². The fraction of sp³-hybridized carbons (Fsp3) is 0.417. The van der Waals surface area contributed by atoms with Crippen molar-refractivity contribution in [3.05, 3.63) is 26.6 Å². The van der Waals surface area contributed by atoms with Gasteiger partial charge in [0.05, 0.1) is 5.52 Å². The molecule has 19 heavy (non-hydrogen) atoms. The van der Waals surface area contributed by atoms with E-state index in [-0.39, 0.29) is 5.56 Å². The highest BCUT2D eigenvalue weighted by molar-refractivity contribution is 7.71. The van der Waals surface area contributed by atoms with Crippen LogP contribution < -0.4 is 5.56 Å². The zero-order chi connectivity index (χ0) is 13.0.